The Labute approximate surface area is 84.9 Å². The van der Waals surface area contributed by atoms with Crippen LogP contribution in [0, 0.1) is 11.8 Å². The molecule has 0 aromatic rings. The fourth-order valence-electron chi connectivity index (χ4n) is 2.41. The lowest BCUT2D eigenvalue weighted by Gasteiger charge is -2.06. The van der Waals surface area contributed by atoms with Crippen molar-refractivity contribution in [1.29, 1.82) is 0 Å². The molecule has 2 unspecified atom stereocenters. The third-order valence-electron chi connectivity index (χ3n) is 3.52. The smallest absolute Gasteiger partial charge is 0.183 e. The minimum atomic E-state index is 0.513. The predicted octanol–water partition coefficient (Wildman–Crippen LogP) is 1.19. The van der Waals surface area contributed by atoms with E-state index < -0.39 is 0 Å². The summed E-state index contributed by atoms with van der Waals surface area (Å²) in [4.78, 5) is 4.68. The molecule has 3 rings (SSSR count). The number of rotatable bonds is 3. The minimum absolute atomic E-state index is 0.513. The van der Waals surface area contributed by atoms with Crippen LogP contribution >= 0.6 is 0 Å². The van der Waals surface area contributed by atoms with Crippen LogP contribution in [-0.2, 0) is 4.74 Å². The molecule has 1 saturated heterocycles. The molecule has 1 aliphatic carbocycles. The Bertz CT molecular complexity index is 242. The van der Waals surface area contributed by atoms with E-state index in [0.717, 1.165) is 37.3 Å². The van der Waals surface area contributed by atoms with E-state index in [0.29, 0.717) is 6.04 Å². The van der Waals surface area contributed by atoms with Gasteiger partial charge in [-0.25, -0.2) is 4.99 Å². The van der Waals surface area contributed by atoms with Crippen molar-refractivity contribution >= 4 is 5.90 Å². The average Bonchev–Trinajstić information content (AvgIpc) is 2.75. The van der Waals surface area contributed by atoms with Crippen LogP contribution in [0.3, 0.4) is 0 Å². The summed E-state index contributed by atoms with van der Waals surface area (Å²) in [7, 11) is 0. The molecule has 0 radical (unpaired) electrons. The van der Waals surface area contributed by atoms with Gasteiger partial charge in [0.15, 0.2) is 5.90 Å². The zero-order valence-corrected chi connectivity index (χ0v) is 8.54. The number of nitrogens with zero attached hydrogens (tertiary/aromatic N) is 1. The molecule has 2 heterocycles. The molecule has 3 heteroatoms. The molecule has 0 bridgehead atoms. The van der Waals surface area contributed by atoms with Gasteiger partial charge < -0.3 is 10.1 Å². The van der Waals surface area contributed by atoms with Crippen molar-refractivity contribution in [3.63, 3.8) is 0 Å². The van der Waals surface area contributed by atoms with Crippen LogP contribution in [0.5, 0.6) is 0 Å². The molecule has 14 heavy (non-hydrogen) atoms. The minimum Gasteiger partial charge on any atom is -0.479 e. The van der Waals surface area contributed by atoms with Crippen molar-refractivity contribution in [3.8, 4) is 0 Å². The van der Waals surface area contributed by atoms with Gasteiger partial charge in [-0.2, -0.15) is 0 Å². The van der Waals surface area contributed by atoms with Crippen LogP contribution in [0.4, 0.5) is 0 Å². The SMILES string of the molecule is C1CC(CC2=NC(C3CC3)CO2)CN1. The Morgan fingerprint density at radius 3 is 3.00 bits per heavy atom. The molecule has 3 aliphatic rings. The first-order valence-corrected chi connectivity index (χ1v) is 5.82. The largest absolute Gasteiger partial charge is 0.479 e. The highest BCUT2D eigenvalue weighted by Crippen LogP contribution is 2.36. The fraction of sp³-hybridized carbons (Fsp3) is 0.909. The van der Waals surface area contributed by atoms with E-state index in [1.807, 2.05) is 0 Å². The topological polar surface area (TPSA) is 33.6 Å². The predicted molar refractivity (Wildman–Crippen MR) is 55.5 cm³/mol. The highest BCUT2D eigenvalue weighted by molar-refractivity contribution is 5.78. The maximum Gasteiger partial charge on any atom is 0.183 e. The summed E-state index contributed by atoms with van der Waals surface area (Å²) in [6, 6.07) is 0.513. The van der Waals surface area contributed by atoms with Crippen molar-refractivity contribution in [2.24, 2.45) is 16.8 Å². The van der Waals surface area contributed by atoms with Crippen molar-refractivity contribution in [2.45, 2.75) is 31.7 Å². The third kappa shape index (κ3) is 1.78. The zero-order valence-electron chi connectivity index (χ0n) is 8.54. The highest BCUT2D eigenvalue weighted by Gasteiger charge is 2.35. The normalized spacial score (nSPS) is 37.0. The second kappa shape index (κ2) is 3.54. The van der Waals surface area contributed by atoms with E-state index in [9.17, 15) is 0 Å². The molecule has 0 aromatic carbocycles. The number of nitrogens with one attached hydrogen (secondary N) is 1. The Kier molecular flexibility index (Phi) is 2.20. The summed E-state index contributed by atoms with van der Waals surface area (Å²) in [6.07, 6.45) is 5.10. The molecule has 0 aromatic heterocycles. The van der Waals surface area contributed by atoms with Gasteiger partial charge in [-0.15, -0.1) is 0 Å². The molecule has 2 aliphatic heterocycles. The van der Waals surface area contributed by atoms with Gasteiger partial charge in [0.05, 0.1) is 6.04 Å². The number of hydrogen-bond acceptors (Lipinski definition) is 3. The lowest BCUT2D eigenvalue weighted by molar-refractivity contribution is 0.295. The van der Waals surface area contributed by atoms with Crippen molar-refractivity contribution in [2.75, 3.05) is 19.7 Å². The van der Waals surface area contributed by atoms with Crippen LogP contribution in [0.25, 0.3) is 0 Å². The summed E-state index contributed by atoms with van der Waals surface area (Å²) >= 11 is 0. The summed E-state index contributed by atoms with van der Waals surface area (Å²) in [5, 5.41) is 3.38. The molecule has 2 atom stereocenters. The summed E-state index contributed by atoms with van der Waals surface area (Å²) < 4.78 is 5.65. The van der Waals surface area contributed by atoms with Crippen LogP contribution < -0.4 is 5.32 Å². The van der Waals surface area contributed by atoms with Crippen LogP contribution in [-0.4, -0.2) is 31.6 Å². The van der Waals surface area contributed by atoms with Gasteiger partial charge in [0.25, 0.3) is 0 Å². The standard InChI is InChI=1S/C11H18N2O/c1-2-9(1)10-7-14-11(13-10)5-8-3-4-12-6-8/h8-10,12H,1-7H2. The molecular weight excluding hydrogens is 176 g/mol. The lowest BCUT2D eigenvalue weighted by atomic mass is 10.1. The lowest BCUT2D eigenvalue weighted by Crippen LogP contribution is -2.12. The molecule has 1 saturated carbocycles. The molecule has 78 valence electrons. The molecule has 0 amide bonds. The fourth-order valence-corrected chi connectivity index (χ4v) is 2.41. The Balaban J connectivity index is 1.54. The Morgan fingerprint density at radius 2 is 2.29 bits per heavy atom. The second-order valence-corrected chi connectivity index (χ2v) is 4.80. The monoisotopic (exact) mass is 194 g/mol. The second-order valence-electron chi connectivity index (χ2n) is 4.80. The summed E-state index contributed by atoms with van der Waals surface area (Å²) in [5.74, 6) is 2.66. The average molecular weight is 194 g/mol. The quantitative estimate of drug-likeness (QED) is 0.732. The van der Waals surface area contributed by atoms with E-state index in [4.69, 9.17) is 4.74 Å². The Morgan fingerprint density at radius 1 is 1.36 bits per heavy atom. The van der Waals surface area contributed by atoms with Gasteiger partial charge in [-0.1, -0.05) is 0 Å². The van der Waals surface area contributed by atoms with Crippen molar-refractivity contribution in [1.82, 2.24) is 5.32 Å². The highest BCUT2D eigenvalue weighted by atomic mass is 16.5. The van der Waals surface area contributed by atoms with Gasteiger partial charge in [-0.3, -0.25) is 0 Å². The van der Waals surface area contributed by atoms with E-state index in [2.05, 4.69) is 10.3 Å². The van der Waals surface area contributed by atoms with Gasteiger partial charge in [0.1, 0.15) is 6.61 Å². The van der Waals surface area contributed by atoms with Crippen LogP contribution in [0.2, 0.25) is 0 Å². The molecule has 1 N–H and O–H groups in total. The van der Waals surface area contributed by atoms with Gasteiger partial charge in [0.2, 0.25) is 0 Å². The number of ether oxygens (including phenoxy) is 1. The van der Waals surface area contributed by atoms with E-state index in [-0.39, 0.29) is 0 Å². The first-order chi connectivity index (χ1) is 6.92. The van der Waals surface area contributed by atoms with Crippen LogP contribution in [0.15, 0.2) is 4.99 Å². The van der Waals surface area contributed by atoms with E-state index >= 15 is 0 Å². The number of aliphatic imine (C=N–C) groups is 1. The maximum absolute atomic E-state index is 5.65. The molecule has 2 fully saturated rings. The number of hydrogen-bond donors (Lipinski definition) is 1. The molecule has 3 nitrogen and oxygen atoms in total. The van der Waals surface area contributed by atoms with Crippen molar-refractivity contribution in [3.05, 3.63) is 0 Å². The Hall–Kier alpha value is -0.570. The van der Waals surface area contributed by atoms with Gasteiger partial charge in [0, 0.05) is 6.42 Å². The van der Waals surface area contributed by atoms with E-state index in [1.165, 1.54) is 25.8 Å². The summed E-state index contributed by atoms with van der Waals surface area (Å²) in [5.41, 5.74) is 0. The maximum atomic E-state index is 5.65. The first kappa shape index (κ1) is 8.72. The van der Waals surface area contributed by atoms with Gasteiger partial charge in [-0.05, 0) is 44.2 Å². The summed E-state index contributed by atoms with van der Waals surface area (Å²) in [6.45, 7) is 3.18. The first-order valence-electron chi connectivity index (χ1n) is 5.82. The molecular formula is C11H18N2O. The zero-order chi connectivity index (χ0) is 9.38. The van der Waals surface area contributed by atoms with Gasteiger partial charge >= 0.3 is 0 Å². The molecule has 0 spiro atoms. The van der Waals surface area contributed by atoms with E-state index in [1.54, 1.807) is 0 Å². The third-order valence-corrected chi connectivity index (χ3v) is 3.52. The van der Waals surface area contributed by atoms with Crippen molar-refractivity contribution < 1.29 is 4.74 Å². The van der Waals surface area contributed by atoms with Crippen LogP contribution in [0.1, 0.15) is 25.7 Å².